The maximum Gasteiger partial charge on any atom is 0.0669 e. The van der Waals surface area contributed by atoms with Crippen molar-refractivity contribution in [2.24, 2.45) is 5.92 Å². The summed E-state index contributed by atoms with van der Waals surface area (Å²) >= 11 is 0. The Morgan fingerprint density at radius 1 is 1.60 bits per heavy atom. The fourth-order valence-electron chi connectivity index (χ4n) is 1.37. The molecule has 2 heteroatoms. The van der Waals surface area contributed by atoms with Gasteiger partial charge in [0, 0.05) is 12.6 Å². The van der Waals surface area contributed by atoms with Crippen LogP contribution in [0, 0.1) is 17.2 Å². The molecule has 1 heterocycles. The summed E-state index contributed by atoms with van der Waals surface area (Å²) in [5, 5.41) is 11.9. The highest BCUT2D eigenvalue weighted by molar-refractivity contribution is 4.89. The number of rotatable bonds is 1. The largest absolute Gasteiger partial charge is 0.313 e. The van der Waals surface area contributed by atoms with Gasteiger partial charge in [-0.3, -0.25) is 0 Å². The highest BCUT2D eigenvalue weighted by atomic mass is 14.9. The van der Waals surface area contributed by atoms with Gasteiger partial charge < -0.3 is 5.32 Å². The van der Waals surface area contributed by atoms with Crippen molar-refractivity contribution in [2.75, 3.05) is 6.54 Å². The predicted molar refractivity (Wildman–Crippen MR) is 40.4 cm³/mol. The zero-order valence-electron chi connectivity index (χ0n) is 6.43. The molecule has 0 radical (unpaired) electrons. The molecule has 0 aliphatic carbocycles. The van der Waals surface area contributed by atoms with Crippen molar-refractivity contribution in [3.05, 3.63) is 0 Å². The molecule has 1 aliphatic heterocycles. The number of hydrogen-bond acceptors (Lipinski definition) is 2. The molecule has 2 atom stereocenters. The predicted octanol–water partition coefficient (Wildman–Crippen LogP) is 1.29. The van der Waals surface area contributed by atoms with E-state index in [9.17, 15) is 0 Å². The Balaban J connectivity index is 2.25. The summed E-state index contributed by atoms with van der Waals surface area (Å²) in [4.78, 5) is 0. The Morgan fingerprint density at radius 3 is 2.80 bits per heavy atom. The molecule has 1 fully saturated rings. The minimum Gasteiger partial charge on any atom is -0.313 e. The lowest BCUT2D eigenvalue weighted by atomic mass is 9.95. The minimum atomic E-state index is 0.266. The maximum absolute atomic E-state index is 8.56. The van der Waals surface area contributed by atoms with Gasteiger partial charge in [0.1, 0.15) is 0 Å². The van der Waals surface area contributed by atoms with Gasteiger partial charge >= 0.3 is 0 Å². The lowest BCUT2D eigenvalue weighted by Crippen LogP contribution is -2.37. The summed E-state index contributed by atoms with van der Waals surface area (Å²) in [6.45, 7) is 3.08. The summed E-state index contributed by atoms with van der Waals surface area (Å²) in [6.07, 6.45) is 3.45. The summed E-state index contributed by atoms with van der Waals surface area (Å²) in [5.41, 5.74) is 0. The SMILES string of the molecule is CCC1CCC(C#N)CN1. The van der Waals surface area contributed by atoms with Gasteiger partial charge in [-0.05, 0) is 19.3 Å². The van der Waals surface area contributed by atoms with Gasteiger partial charge in [0.15, 0.2) is 0 Å². The van der Waals surface area contributed by atoms with Crippen molar-refractivity contribution < 1.29 is 0 Å². The molecule has 0 amide bonds. The van der Waals surface area contributed by atoms with Crippen LogP contribution in [0.25, 0.3) is 0 Å². The van der Waals surface area contributed by atoms with Crippen molar-refractivity contribution in [2.45, 2.75) is 32.2 Å². The average molecular weight is 138 g/mol. The monoisotopic (exact) mass is 138 g/mol. The quantitative estimate of drug-likeness (QED) is 0.592. The first-order valence-electron chi connectivity index (χ1n) is 3.99. The Labute approximate surface area is 62.2 Å². The lowest BCUT2D eigenvalue weighted by Gasteiger charge is -2.25. The zero-order valence-corrected chi connectivity index (χ0v) is 6.43. The van der Waals surface area contributed by atoms with Crippen LogP contribution in [-0.4, -0.2) is 12.6 Å². The molecule has 0 spiro atoms. The Morgan fingerprint density at radius 2 is 2.40 bits per heavy atom. The summed E-state index contributed by atoms with van der Waals surface area (Å²) in [6, 6.07) is 2.96. The molecule has 1 rings (SSSR count). The number of nitrogens with one attached hydrogen (secondary N) is 1. The number of piperidine rings is 1. The average Bonchev–Trinajstić information content (AvgIpc) is 2.05. The number of hydrogen-bond donors (Lipinski definition) is 1. The first kappa shape index (κ1) is 7.56. The molecular weight excluding hydrogens is 124 g/mol. The highest BCUT2D eigenvalue weighted by Gasteiger charge is 2.17. The van der Waals surface area contributed by atoms with Gasteiger partial charge in [-0.15, -0.1) is 0 Å². The first-order chi connectivity index (χ1) is 4.86. The second-order valence-corrected chi connectivity index (χ2v) is 2.92. The van der Waals surface area contributed by atoms with Crippen molar-refractivity contribution in [3.8, 4) is 6.07 Å². The standard InChI is InChI=1S/C8H14N2/c1-2-8-4-3-7(5-9)6-10-8/h7-8,10H,2-4,6H2,1H3. The van der Waals surface area contributed by atoms with Gasteiger partial charge in [-0.1, -0.05) is 6.92 Å². The Bertz CT molecular complexity index is 129. The van der Waals surface area contributed by atoms with Gasteiger partial charge in [-0.25, -0.2) is 0 Å². The minimum absolute atomic E-state index is 0.266. The normalized spacial score (nSPS) is 33.2. The molecule has 2 unspecified atom stereocenters. The van der Waals surface area contributed by atoms with E-state index in [-0.39, 0.29) is 5.92 Å². The van der Waals surface area contributed by atoms with E-state index in [1.165, 1.54) is 12.8 Å². The van der Waals surface area contributed by atoms with E-state index >= 15 is 0 Å². The molecule has 1 aliphatic rings. The van der Waals surface area contributed by atoms with Crippen LogP contribution in [0.3, 0.4) is 0 Å². The van der Waals surface area contributed by atoms with Crippen molar-refractivity contribution >= 4 is 0 Å². The van der Waals surface area contributed by atoms with E-state index in [1.54, 1.807) is 0 Å². The summed E-state index contributed by atoms with van der Waals surface area (Å²) in [5.74, 6) is 0.266. The number of nitriles is 1. The summed E-state index contributed by atoms with van der Waals surface area (Å²) < 4.78 is 0. The van der Waals surface area contributed by atoms with E-state index in [0.717, 1.165) is 13.0 Å². The van der Waals surface area contributed by atoms with Crippen LogP contribution in [-0.2, 0) is 0 Å². The van der Waals surface area contributed by atoms with Gasteiger partial charge in [-0.2, -0.15) is 5.26 Å². The van der Waals surface area contributed by atoms with E-state index in [0.29, 0.717) is 6.04 Å². The van der Waals surface area contributed by atoms with Gasteiger partial charge in [0.25, 0.3) is 0 Å². The van der Waals surface area contributed by atoms with E-state index in [2.05, 4.69) is 18.3 Å². The fourth-order valence-corrected chi connectivity index (χ4v) is 1.37. The van der Waals surface area contributed by atoms with Crippen LogP contribution < -0.4 is 5.32 Å². The second kappa shape index (κ2) is 3.58. The molecule has 0 bridgehead atoms. The van der Waals surface area contributed by atoms with E-state index < -0.39 is 0 Å². The zero-order chi connectivity index (χ0) is 7.40. The molecule has 56 valence electrons. The van der Waals surface area contributed by atoms with Crippen LogP contribution in [0.5, 0.6) is 0 Å². The lowest BCUT2D eigenvalue weighted by molar-refractivity contribution is 0.348. The molecule has 2 nitrogen and oxygen atoms in total. The summed E-state index contributed by atoms with van der Waals surface area (Å²) in [7, 11) is 0. The van der Waals surface area contributed by atoms with Gasteiger partial charge in [0.05, 0.1) is 12.0 Å². The second-order valence-electron chi connectivity index (χ2n) is 2.92. The van der Waals surface area contributed by atoms with E-state index in [1.807, 2.05) is 0 Å². The van der Waals surface area contributed by atoms with Crippen molar-refractivity contribution in [1.82, 2.24) is 5.32 Å². The smallest absolute Gasteiger partial charge is 0.0669 e. The fraction of sp³-hybridized carbons (Fsp3) is 0.875. The van der Waals surface area contributed by atoms with Crippen molar-refractivity contribution in [1.29, 1.82) is 5.26 Å². The third-order valence-electron chi connectivity index (χ3n) is 2.19. The topological polar surface area (TPSA) is 35.8 Å². The van der Waals surface area contributed by atoms with Crippen LogP contribution in [0.1, 0.15) is 26.2 Å². The van der Waals surface area contributed by atoms with Crippen LogP contribution in [0.4, 0.5) is 0 Å². The van der Waals surface area contributed by atoms with Crippen LogP contribution >= 0.6 is 0 Å². The third-order valence-corrected chi connectivity index (χ3v) is 2.19. The molecule has 1 N–H and O–H groups in total. The molecule has 0 aromatic carbocycles. The Kier molecular flexibility index (Phi) is 2.70. The molecule has 0 aromatic rings. The van der Waals surface area contributed by atoms with Crippen LogP contribution in [0.2, 0.25) is 0 Å². The Hall–Kier alpha value is -0.550. The molecule has 10 heavy (non-hydrogen) atoms. The molecule has 1 saturated heterocycles. The molecule has 0 aromatic heterocycles. The third kappa shape index (κ3) is 1.71. The van der Waals surface area contributed by atoms with E-state index in [4.69, 9.17) is 5.26 Å². The van der Waals surface area contributed by atoms with Gasteiger partial charge in [0.2, 0.25) is 0 Å². The highest BCUT2D eigenvalue weighted by Crippen LogP contribution is 2.14. The van der Waals surface area contributed by atoms with Crippen molar-refractivity contribution in [3.63, 3.8) is 0 Å². The first-order valence-corrected chi connectivity index (χ1v) is 3.99. The maximum atomic E-state index is 8.56. The molecule has 0 saturated carbocycles. The molecular formula is C8H14N2. The number of nitrogens with zero attached hydrogens (tertiary/aromatic N) is 1. The van der Waals surface area contributed by atoms with Crippen LogP contribution in [0.15, 0.2) is 0 Å².